The molecule has 1 aromatic heterocycles. The highest BCUT2D eigenvalue weighted by molar-refractivity contribution is 6.00. The minimum atomic E-state index is -0.847. The van der Waals surface area contributed by atoms with E-state index in [4.69, 9.17) is 13.9 Å². The molecule has 0 saturated carbocycles. The van der Waals surface area contributed by atoms with Crippen LogP contribution in [0.15, 0.2) is 28.7 Å². The van der Waals surface area contributed by atoms with Gasteiger partial charge in [0.15, 0.2) is 12.7 Å². The second-order valence-electron chi connectivity index (χ2n) is 6.48. The van der Waals surface area contributed by atoms with E-state index in [1.54, 1.807) is 45.0 Å². The number of amides is 2. The van der Waals surface area contributed by atoms with Crippen LogP contribution < -0.4 is 15.0 Å². The number of aryl methyl sites for hydroxylation is 2. The molecular weight excluding hydrogens is 364 g/mol. The number of likely N-dealkylation sites (N-methyl/N-ethyl adjacent to an activating group) is 1. The van der Waals surface area contributed by atoms with Crippen LogP contribution in [0.4, 0.5) is 5.69 Å². The van der Waals surface area contributed by atoms with Crippen molar-refractivity contribution in [1.82, 2.24) is 5.32 Å². The Morgan fingerprint density at radius 1 is 1.18 bits per heavy atom. The number of hydrogen-bond acceptors (Lipinski definition) is 6. The fourth-order valence-electron chi connectivity index (χ4n) is 3.14. The molecule has 2 aromatic rings. The van der Waals surface area contributed by atoms with E-state index in [0.29, 0.717) is 34.1 Å². The number of para-hydroxylation sites is 2. The molecule has 1 aliphatic rings. The van der Waals surface area contributed by atoms with Crippen LogP contribution in [-0.4, -0.2) is 44.1 Å². The van der Waals surface area contributed by atoms with E-state index in [-0.39, 0.29) is 12.5 Å². The monoisotopic (exact) mass is 386 g/mol. The van der Waals surface area contributed by atoms with E-state index >= 15 is 0 Å². The highest BCUT2D eigenvalue weighted by Crippen LogP contribution is 2.33. The van der Waals surface area contributed by atoms with Gasteiger partial charge in [-0.1, -0.05) is 12.1 Å². The van der Waals surface area contributed by atoms with Gasteiger partial charge in [0.25, 0.3) is 11.8 Å². The van der Waals surface area contributed by atoms with Crippen molar-refractivity contribution in [3.05, 3.63) is 46.9 Å². The summed E-state index contributed by atoms with van der Waals surface area (Å²) in [7, 11) is 1.50. The Balaban J connectivity index is 1.76. The number of carbonyl (C=O) groups excluding carboxylic acids is 3. The molecule has 1 N–H and O–H groups in total. The number of esters is 1. The number of rotatable bonds is 4. The van der Waals surface area contributed by atoms with Crippen molar-refractivity contribution >= 4 is 23.5 Å². The average Bonchev–Trinajstić information content (AvgIpc) is 2.95. The first kappa shape index (κ1) is 19.5. The standard InChI is InChI=1S/C20H22N2O6/c1-11-12(2)27-13(3)18(11)20(25)26-10-17(23)22-9-16(19(24)21-4)28-15-8-6-5-7-14(15)22/h5-8,16H,9-10H2,1-4H3,(H,21,24). The summed E-state index contributed by atoms with van der Waals surface area (Å²) in [6, 6.07) is 6.90. The molecule has 0 saturated heterocycles. The number of ether oxygens (including phenoxy) is 2. The van der Waals surface area contributed by atoms with Crippen LogP contribution in [0.1, 0.15) is 27.4 Å². The van der Waals surface area contributed by atoms with Crippen LogP contribution in [0.25, 0.3) is 0 Å². The van der Waals surface area contributed by atoms with Gasteiger partial charge >= 0.3 is 5.97 Å². The first-order chi connectivity index (χ1) is 13.3. The first-order valence-corrected chi connectivity index (χ1v) is 8.84. The lowest BCUT2D eigenvalue weighted by Gasteiger charge is -2.33. The predicted molar refractivity (Wildman–Crippen MR) is 100 cm³/mol. The topological polar surface area (TPSA) is 98.1 Å². The molecule has 3 rings (SSSR count). The maximum Gasteiger partial charge on any atom is 0.342 e. The van der Waals surface area contributed by atoms with Crippen LogP contribution in [0.2, 0.25) is 0 Å². The highest BCUT2D eigenvalue weighted by atomic mass is 16.5. The Hall–Kier alpha value is -3.29. The van der Waals surface area contributed by atoms with E-state index in [1.165, 1.54) is 11.9 Å². The zero-order valence-corrected chi connectivity index (χ0v) is 16.2. The molecule has 0 spiro atoms. The molecule has 2 heterocycles. The van der Waals surface area contributed by atoms with Gasteiger partial charge < -0.3 is 24.1 Å². The molecule has 1 aliphatic heterocycles. The Morgan fingerprint density at radius 2 is 1.89 bits per heavy atom. The molecule has 8 nitrogen and oxygen atoms in total. The third kappa shape index (κ3) is 3.58. The molecule has 0 bridgehead atoms. The SMILES string of the molecule is CNC(=O)C1CN(C(=O)COC(=O)c2c(C)oc(C)c2C)c2ccccc2O1. The quantitative estimate of drug-likeness (QED) is 0.806. The molecule has 1 aromatic carbocycles. The summed E-state index contributed by atoms with van der Waals surface area (Å²) in [5, 5.41) is 2.51. The molecule has 0 aliphatic carbocycles. The van der Waals surface area contributed by atoms with Crippen molar-refractivity contribution in [1.29, 1.82) is 0 Å². The van der Waals surface area contributed by atoms with Gasteiger partial charge in [0.1, 0.15) is 22.8 Å². The Bertz CT molecular complexity index is 933. The fraction of sp³-hybridized carbons (Fsp3) is 0.350. The summed E-state index contributed by atoms with van der Waals surface area (Å²) in [5.74, 6) is 0.0804. The normalized spacial score (nSPS) is 15.4. The number of nitrogens with zero attached hydrogens (tertiary/aromatic N) is 1. The smallest absolute Gasteiger partial charge is 0.342 e. The number of furan rings is 1. The molecule has 2 amide bonds. The summed E-state index contributed by atoms with van der Waals surface area (Å²) in [6.07, 6.45) is -0.847. The number of hydrogen-bond donors (Lipinski definition) is 1. The zero-order valence-electron chi connectivity index (χ0n) is 16.2. The molecule has 0 radical (unpaired) electrons. The summed E-state index contributed by atoms with van der Waals surface area (Å²) in [5.41, 5.74) is 1.54. The second kappa shape index (κ2) is 7.75. The number of anilines is 1. The predicted octanol–water partition coefficient (Wildman–Crippen LogP) is 1.90. The summed E-state index contributed by atoms with van der Waals surface area (Å²) >= 11 is 0. The molecule has 28 heavy (non-hydrogen) atoms. The molecule has 148 valence electrons. The van der Waals surface area contributed by atoms with Gasteiger partial charge in [0.05, 0.1) is 12.2 Å². The highest BCUT2D eigenvalue weighted by Gasteiger charge is 2.34. The largest absolute Gasteiger partial charge is 0.477 e. The number of carbonyl (C=O) groups is 3. The van der Waals surface area contributed by atoms with Gasteiger partial charge in [-0.05, 0) is 32.9 Å². The van der Waals surface area contributed by atoms with Gasteiger partial charge in [-0.25, -0.2) is 4.79 Å². The zero-order chi connectivity index (χ0) is 20.4. The number of fused-ring (bicyclic) bond motifs is 1. The third-order valence-corrected chi connectivity index (χ3v) is 4.71. The van der Waals surface area contributed by atoms with Crippen LogP contribution in [0.5, 0.6) is 5.75 Å². The minimum Gasteiger partial charge on any atom is -0.477 e. The van der Waals surface area contributed by atoms with E-state index in [2.05, 4.69) is 5.32 Å². The molecule has 1 unspecified atom stereocenters. The molecular formula is C20H22N2O6. The van der Waals surface area contributed by atoms with E-state index < -0.39 is 24.6 Å². The Kier molecular flexibility index (Phi) is 5.39. The lowest BCUT2D eigenvalue weighted by molar-refractivity contribution is -0.128. The third-order valence-electron chi connectivity index (χ3n) is 4.71. The van der Waals surface area contributed by atoms with Crippen molar-refractivity contribution in [3.8, 4) is 5.75 Å². The molecule has 8 heteroatoms. The Labute approximate surface area is 162 Å². The first-order valence-electron chi connectivity index (χ1n) is 8.84. The van der Waals surface area contributed by atoms with Crippen LogP contribution in [0.3, 0.4) is 0 Å². The van der Waals surface area contributed by atoms with E-state index in [9.17, 15) is 14.4 Å². The fourth-order valence-corrected chi connectivity index (χ4v) is 3.14. The van der Waals surface area contributed by atoms with Gasteiger partial charge in [0, 0.05) is 12.6 Å². The van der Waals surface area contributed by atoms with Gasteiger partial charge in [-0.15, -0.1) is 0 Å². The minimum absolute atomic E-state index is 0.0238. The van der Waals surface area contributed by atoms with Crippen LogP contribution >= 0.6 is 0 Å². The van der Waals surface area contributed by atoms with Crippen molar-refractivity contribution < 1.29 is 28.3 Å². The number of benzene rings is 1. The lowest BCUT2D eigenvalue weighted by Crippen LogP contribution is -2.51. The molecule has 1 atom stereocenters. The van der Waals surface area contributed by atoms with Gasteiger partial charge in [-0.2, -0.15) is 0 Å². The maximum absolute atomic E-state index is 12.8. The van der Waals surface area contributed by atoms with Gasteiger partial charge in [-0.3, -0.25) is 9.59 Å². The second-order valence-corrected chi connectivity index (χ2v) is 6.48. The van der Waals surface area contributed by atoms with Crippen LogP contribution in [-0.2, 0) is 14.3 Å². The average molecular weight is 386 g/mol. The van der Waals surface area contributed by atoms with E-state index in [0.717, 1.165) is 0 Å². The van der Waals surface area contributed by atoms with Gasteiger partial charge in [0.2, 0.25) is 0 Å². The summed E-state index contributed by atoms with van der Waals surface area (Å²) in [6.45, 7) is 4.75. The molecule has 0 fully saturated rings. The van der Waals surface area contributed by atoms with Crippen LogP contribution in [0, 0.1) is 20.8 Å². The summed E-state index contributed by atoms with van der Waals surface area (Å²) < 4.78 is 16.3. The van der Waals surface area contributed by atoms with Crippen molar-refractivity contribution in [2.24, 2.45) is 0 Å². The van der Waals surface area contributed by atoms with Crippen molar-refractivity contribution in [2.75, 3.05) is 25.1 Å². The maximum atomic E-state index is 12.8. The summed E-state index contributed by atoms with van der Waals surface area (Å²) in [4.78, 5) is 38.6. The number of nitrogens with one attached hydrogen (secondary N) is 1. The van der Waals surface area contributed by atoms with Crippen molar-refractivity contribution in [2.45, 2.75) is 26.9 Å². The van der Waals surface area contributed by atoms with Crippen molar-refractivity contribution in [3.63, 3.8) is 0 Å². The van der Waals surface area contributed by atoms with E-state index in [1.807, 2.05) is 0 Å². The lowest BCUT2D eigenvalue weighted by atomic mass is 10.1. The Morgan fingerprint density at radius 3 is 2.54 bits per heavy atom.